The van der Waals surface area contributed by atoms with Gasteiger partial charge in [-0.05, 0) is 25.0 Å². The van der Waals surface area contributed by atoms with Gasteiger partial charge in [0.2, 0.25) is 0 Å². The average Bonchev–Trinajstić information content (AvgIpc) is 3.59. The van der Waals surface area contributed by atoms with Gasteiger partial charge in [-0.2, -0.15) is 36.8 Å². The van der Waals surface area contributed by atoms with Crippen LogP contribution in [0.1, 0.15) is 27.8 Å². The van der Waals surface area contributed by atoms with E-state index in [0.717, 1.165) is 5.56 Å². The van der Waals surface area contributed by atoms with E-state index in [2.05, 4.69) is 151 Å². The van der Waals surface area contributed by atoms with Crippen molar-refractivity contribution < 1.29 is 23.3 Å². The molecule has 0 amide bonds. The van der Waals surface area contributed by atoms with Gasteiger partial charge in [-0.15, -0.1) is 93.9 Å². The van der Waals surface area contributed by atoms with Gasteiger partial charge in [0.25, 0.3) is 0 Å². The van der Waals surface area contributed by atoms with Gasteiger partial charge in [-0.25, -0.2) is 0 Å². The molecule has 7 rings (SSSR count). The Bertz CT molecular complexity index is 1770. The number of halogens is 2. The van der Waals surface area contributed by atoms with Gasteiger partial charge in [-0.3, -0.25) is 0 Å². The number of hydrogen-bond donors (Lipinski definition) is 0. The van der Waals surface area contributed by atoms with E-state index in [0.29, 0.717) is 0 Å². The Labute approximate surface area is 298 Å². The molecular weight excluding hydrogens is 683 g/mol. The van der Waals surface area contributed by atoms with Gasteiger partial charge in [0, 0.05) is 0 Å². The van der Waals surface area contributed by atoms with Crippen molar-refractivity contribution in [2.45, 2.75) is 27.7 Å². The van der Waals surface area contributed by atoms with E-state index in [4.69, 9.17) is 0 Å². The molecule has 0 saturated carbocycles. The average molecular weight is 722 g/mol. The summed E-state index contributed by atoms with van der Waals surface area (Å²) in [6.07, 6.45) is 0. The molecule has 0 fully saturated rings. The van der Waals surface area contributed by atoms with Crippen molar-refractivity contribution in [3.8, 4) is 22.3 Å². The van der Waals surface area contributed by atoms with Crippen LogP contribution in [-0.4, -0.2) is 6.88 Å². The molecule has 0 aliphatic rings. The summed E-state index contributed by atoms with van der Waals surface area (Å²) in [4.78, 5) is 0. The predicted octanol–water partition coefficient (Wildman–Crippen LogP) is 12.0. The number of hydrogen-bond acceptors (Lipinski definition) is 0. The third kappa shape index (κ3) is 10.5. The van der Waals surface area contributed by atoms with Crippen LogP contribution in [0.3, 0.4) is 0 Å². The van der Waals surface area contributed by atoms with E-state index in [1.165, 1.54) is 89.4 Å². The second kappa shape index (κ2) is 18.7. The first-order valence-electron chi connectivity index (χ1n) is 14.5. The summed E-state index contributed by atoms with van der Waals surface area (Å²) in [5.41, 5.74) is 11.7. The third-order valence-electron chi connectivity index (χ3n) is 7.24. The normalized spacial score (nSPS) is 9.67. The molecule has 0 N–H and O–H groups in total. The second-order valence-electron chi connectivity index (χ2n) is 10.9. The Hall–Kier alpha value is -3.13. The van der Waals surface area contributed by atoms with Gasteiger partial charge in [-0.1, -0.05) is 115 Å². The van der Waals surface area contributed by atoms with E-state index >= 15 is 0 Å². The monoisotopic (exact) mass is 719 g/mol. The van der Waals surface area contributed by atoms with Crippen LogP contribution in [0, 0.1) is 34.6 Å². The molecule has 0 atom stereocenters. The van der Waals surface area contributed by atoms with Crippen molar-refractivity contribution in [1.29, 1.82) is 0 Å². The molecule has 45 heavy (non-hydrogen) atoms. The van der Waals surface area contributed by atoms with Crippen molar-refractivity contribution in [2.24, 2.45) is 0 Å². The zero-order valence-electron chi connectivity index (χ0n) is 26.3. The molecule has 0 unspecified atom stereocenters. The number of benzene rings is 5. The summed E-state index contributed by atoms with van der Waals surface area (Å²) in [7, 11) is 0. The van der Waals surface area contributed by atoms with Crippen LogP contribution >= 0.6 is 24.8 Å². The Morgan fingerprint density at radius 1 is 0.489 bits per heavy atom. The van der Waals surface area contributed by atoms with E-state index < -0.39 is 0 Å². The van der Waals surface area contributed by atoms with Crippen molar-refractivity contribution in [2.75, 3.05) is 0 Å². The molecule has 0 spiro atoms. The number of aryl methyl sites for hydroxylation is 4. The Kier molecular flexibility index (Phi) is 15.9. The molecule has 0 saturated heterocycles. The van der Waals surface area contributed by atoms with Crippen LogP contribution in [-0.2, 0) is 23.3 Å². The van der Waals surface area contributed by atoms with Gasteiger partial charge in [0.05, 0.1) is 0 Å². The number of fused-ring (bicyclic) bond motifs is 2. The van der Waals surface area contributed by atoms with Crippen LogP contribution < -0.4 is 0 Å². The van der Waals surface area contributed by atoms with Crippen molar-refractivity contribution in [3.05, 3.63) is 174 Å². The zero-order valence-corrected chi connectivity index (χ0v) is 31.4. The van der Waals surface area contributed by atoms with Crippen molar-refractivity contribution in [1.82, 2.24) is 0 Å². The van der Waals surface area contributed by atoms with Crippen LogP contribution in [0.4, 0.5) is 0 Å². The summed E-state index contributed by atoms with van der Waals surface area (Å²) >= 11 is 1.36. The minimum absolute atomic E-state index is 0. The number of rotatable bonds is 2. The molecule has 228 valence electrons. The van der Waals surface area contributed by atoms with Gasteiger partial charge < -0.3 is 0 Å². The summed E-state index contributed by atoms with van der Waals surface area (Å²) in [6, 6.07) is 49.2. The standard InChI is InChI=1S/2C17H15.C7H7.2ClH.Si.Zr/c2*1-12-8-15-9-13(2)11-17(15)16(10-12)14-6-4-3-5-7-14;1-7-5-3-2-4-6-7;;;;/h2*3-11H,1-2H3;2-6H,1H2;2*1H;;/q3*-1;;;;. The van der Waals surface area contributed by atoms with Crippen LogP contribution in [0.5, 0.6) is 0 Å². The molecule has 0 bridgehead atoms. The Morgan fingerprint density at radius 2 is 0.822 bits per heavy atom. The van der Waals surface area contributed by atoms with E-state index in [9.17, 15) is 0 Å². The van der Waals surface area contributed by atoms with Crippen molar-refractivity contribution >= 4 is 53.2 Å². The molecule has 0 aliphatic carbocycles. The maximum atomic E-state index is 3.72. The first kappa shape index (κ1) is 38.1. The molecule has 0 heterocycles. The van der Waals surface area contributed by atoms with Crippen LogP contribution in [0.15, 0.2) is 140 Å². The minimum atomic E-state index is 0. The molecule has 0 nitrogen and oxygen atoms in total. The fraction of sp³-hybridized carbons (Fsp3) is 0.0976. The van der Waals surface area contributed by atoms with E-state index in [1.54, 1.807) is 0 Å². The molecule has 4 heteroatoms. The Balaban J connectivity index is 0.000000240. The van der Waals surface area contributed by atoms with Crippen LogP contribution in [0.25, 0.3) is 43.8 Å². The molecule has 2 radical (unpaired) electrons. The van der Waals surface area contributed by atoms with Gasteiger partial charge in [0.1, 0.15) is 0 Å². The summed E-state index contributed by atoms with van der Waals surface area (Å²) in [6.45, 7) is 15.4. The fourth-order valence-corrected chi connectivity index (χ4v) is 5.43. The van der Waals surface area contributed by atoms with Gasteiger partial charge >= 0.3 is 30.2 Å². The van der Waals surface area contributed by atoms with Gasteiger partial charge in [0.15, 0.2) is 0 Å². The second-order valence-corrected chi connectivity index (χ2v) is 10.9. The third-order valence-corrected chi connectivity index (χ3v) is 7.24. The summed E-state index contributed by atoms with van der Waals surface area (Å²) < 4.78 is 0. The predicted molar refractivity (Wildman–Crippen MR) is 200 cm³/mol. The summed E-state index contributed by atoms with van der Waals surface area (Å²) in [5.74, 6) is 0. The Morgan fingerprint density at radius 3 is 1.13 bits per heavy atom. The quantitative estimate of drug-likeness (QED) is 0.123. The summed E-state index contributed by atoms with van der Waals surface area (Å²) in [5, 5.41) is 5.42. The molecule has 7 aromatic carbocycles. The first-order valence-corrected chi connectivity index (χ1v) is 18.6. The van der Waals surface area contributed by atoms with E-state index in [1.807, 2.05) is 30.3 Å². The van der Waals surface area contributed by atoms with Crippen molar-refractivity contribution in [3.63, 3.8) is 0 Å². The SMILES string of the molecule is Cc1cc(-c2ccccc2)c2cc(C)[cH-]c2c1.Cc1cc(-c2ccccc2)c2cc(C)[cH-]c2c1.Cl.Cl.[CH2-]c1ccccc1.[Si]=[Zr]. The molecule has 7 aromatic rings. The topological polar surface area (TPSA) is 0 Å². The van der Waals surface area contributed by atoms with Crippen LogP contribution in [0.2, 0.25) is 0 Å². The first-order chi connectivity index (χ1) is 20.9. The fourth-order valence-electron chi connectivity index (χ4n) is 5.43. The van der Waals surface area contributed by atoms with E-state index in [-0.39, 0.29) is 24.8 Å². The molecule has 0 aromatic heterocycles. The zero-order chi connectivity index (χ0) is 30.8. The molecular formula is C41H39Cl2SiZr-3. The molecule has 0 aliphatic heterocycles. The maximum absolute atomic E-state index is 3.72.